The van der Waals surface area contributed by atoms with Crippen LogP contribution in [0, 0.1) is 13.8 Å². The summed E-state index contributed by atoms with van der Waals surface area (Å²) >= 11 is 3.50. The van der Waals surface area contributed by atoms with Gasteiger partial charge in [-0.3, -0.25) is 9.89 Å². The molecule has 3 rings (SSSR count). The molecule has 2 N–H and O–H groups in total. The van der Waals surface area contributed by atoms with E-state index in [1.54, 1.807) is 0 Å². The average Bonchev–Trinajstić information content (AvgIpc) is 3.02. The Balaban J connectivity index is 1.39. The lowest BCUT2D eigenvalue weighted by Gasteiger charge is -2.33. The van der Waals surface area contributed by atoms with Crippen LogP contribution in [0.3, 0.4) is 0 Å². The fourth-order valence-electron chi connectivity index (χ4n) is 3.64. The largest absolute Gasteiger partial charge is 0.361 e. The van der Waals surface area contributed by atoms with Crippen LogP contribution in [-0.4, -0.2) is 48.7 Å². The lowest BCUT2D eigenvalue weighted by molar-refractivity contribution is 0.198. The van der Waals surface area contributed by atoms with E-state index in [2.05, 4.69) is 65.9 Å². The van der Waals surface area contributed by atoms with Gasteiger partial charge < -0.3 is 15.2 Å². The molecule has 28 heavy (non-hydrogen) atoms. The maximum atomic E-state index is 5.23. The zero-order chi connectivity index (χ0) is 19.9. The van der Waals surface area contributed by atoms with E-state index in [9.17, 15) is 0 Å². The van der Waals surface area contributed by atoms with Crippen molar-refractivity contribution in [1.82, 2.24) is 20.7 Å². The highest BCUT2D eigenvalue weighted by atomic mass is 79.9. The van der Waals surface area contributed by atoms with Crippen LogP contribution >= 0.6 is 15.9 Å². The molecule has 0 spiro atoms. The number of hydrogen-bond donors (Lipinski definition) is 2. The molecule has 6 nitrogen and oxygen atoms in total. The number of hydrogen-bond acceptors (Lipinski definition) is 4. The molecule has 1 aliphatic heterocycles. The first-order valence-electron chi connectivity index (χ1n) is 9.91. The summed E-state index contributed by atoms with van der Waals surface area (Å²) in [6, 6.07) is 9.08. The van der Waals surface area contributed by atoms with Crippen LogP contribution < -0.4 is 10.6 Å². The van der Waals surface area contributed by atoms with Gasteiger partial charge in [-0.15, -0.1) is 0 Å². The third-order valence-electron chi connectivity index (χ3n) is 5.32. The molecule has 0 bridgehead atoms. The molecule has 1 fully saturated rings. The summed E-state index contributed by atoms with van der Waals surface area (Å²) in [6.07, 6.45) is 3.13. The maximum Gasteiger partial charge on any atom is 0.191 e. The van der Waals surface area contributed by atoms with Crippen molar-refractivity contribution >= 4 is 21.9 Å². The quantitative estimate of drug-likeness (QED) is 0.524. The van der Waals surface area contributed by atoms with Crippen molar-refractivity contribution in [3.8, 4) is 0 Å². The second-order valence-corrected chi connectivity index (χ2v) is 8.29. The Kier molecular flexibility index (Phi) is 7.50. The summed E-state index contributed by atoms with van der Waals surface area (Å²) in [5.74, 6) is 1.78. The minimum Gasteiger partial charge on any atom is -0.361 e. The van der Waals surface area contributed by atoms with Gasteiger partial charge in [0, 0.05) is 49.3 Å². The topological polar surface area (TPSA) is 65.7 Å². The van der Waals surface area contributed by atoms with E-state index >= 15 is 0 Å². The molecule has 1 aliphatic rings. The van der Waals surface area contributed by atoms with Crippen molar-refractivity contribution in [3.63, 3.8) is 0 Å². The number of piperidine rings is 1. The van der Waals surface area contributed by atoms with E-state index in [-0.39, 0.29) is 0 Å². The number of aromatic nitrogens is 1. The van der Waals surface area contributed by atoms with Gasteiger partial charge in [-0.05, 0) is 50.8 Å². The molecule has 7 heteroatoms. The smallest absolute Gasteiger partial charge is 0.191 e. The molecular weight excluding hydrogens is 418 g/mol. The number of nitrogens with one attached hydrogen (secondary N) is 2. The highest BCUT2D eigenvalue weighted by molar-refractivity contribution is 9.10. The Morgan fingerprint density at radius 3 is 2.57 bits per heavy atom. The molecular formula is C21H30BrN5O. The van der Waals surface area contributed by atoms with Gasteiger partial charge in [0.15, 0.2) is 5.96 Å². The minimum absolute atomic E-state index is 0.464. The lowest BCUT2D eigenvalue weighted by atomic mass is 10.0. The number of aliphatic imine (C=N–C) groups is 1. The van der Waals surface area contributed by atoms with Gasteiger partial charge in [-0.2, -0.15) is 0 Å². The Morgan fingerprint density at radius 1 is 1.25 bits per heavy atom. The van der Waals surface area contributed by atoms with Crippen molar-refractivity contribution in [2.75, 3.05) is 26.7 Å². The Labute approximate surface area is 175 Å². The van der Waals surface area contributed by atoms with Gasteiger partial charge in [-0.1, -0.05) is 33.2 Å². The van der Waals surface area contributed by atoms with Crippen molar-refractivity contribution in [2.24, 2.45) is 4.99 Å². The maximum absolute atomic E-state index is 5.23. The van der Waals surface area contributed by atoms with Crippen LogP contribution in [0.4, 0.5) is 0 Å². The Morgan fingerprint density at radius 2 is 1.96 bits per heavy atom. The first-order chi connectivity index (χ1) is 13.5. The first-order valence-corrected chi connectivity index (χ1v) is 10.7. The van der Waals surface area contributed by atoms with E-state index in [1.165, 1.54) is 11.1 Å². The van der Waals surface area contributed by atoms with E-state index in [4.69, 9.17) is 4.52 Å². The van der Waals surface area contributed by atoms with Crippen LogP contribution in [0.25, 0.3) is 0 Å². The fourth-order valence-corrected chi connectivity index (χ4v) is 3.90. The first kappa shape index (κ1) is 20.9. The fraction of sp³-hybridized carbons (Fsp3) is 0.524. The minimum atomic E-state index is 0.464. The second kappa shape index (κ2) is 10.1. The van der Waals surface area contributed by atoms with Crippen LogP contribution in [0.2, 0.25) is 0 Å². The summed E-state index contributed by atoms with van der Waals surface area (Å²) in [5.41, 5.74) is 3.52. The lowest BCUT2D eigenvalue weighted by Crippen LogP contribution is -2.48. The van der Waals surface area contributed by atoms with Gasteiger partial charge >= 0.3 is 0 Å². The molecule has 0 radical (unpaired) electrons. The number of rotatable bonds is 6. The van der Waals surface area contributed by atoms with Gasteiger partial charge in [0.25, 0.3) is 0 Å². The summed E-state index contributed by atoms with van der Waals surface area (Å²) in [5, 5.41) is 11.0. The zero-order valence-corrected chi connectivity index (χ0v) is 18.6. The molecule has 1 saturated heterocycles. The second-order valence-electron chi connectivity index (χ2n) is 7.37. The summed E-state index contributed by atoms with van der Waals surface area (Å²) < 4.78 is 6.36. The number of guanidine groups is 1. The molecule has 1 aromatic heterocycles. The number of aryl methyl sites for hydroxylation is 2. The summed E-state index contributed by atoms with van der Waals surface area (Å²) in [4.78, 5) is 6.90. The number of nitrogens with zero attached hydrogens (tertiary/aromatic N) is 3. The van der Waals surface area contributed by atoms with Crippen LogP contribution in [0.1, 0.15) is 35.4 Å². The standard InChI is InChI=1S/C21H30BrN5O/c1-15-20(16(2)28-26-15)8-11-24-21(23-3)25-19-9-12-27(13-10-19)14-17-4-6-18(22)7-5-17/h4-7,19H,8-14H2,1-3H3,(H2,23,24,25). The third-order valence-corrected chi connectivity index (χ3v) is 5.85. The number of halogens is 1. The van der Waals surface area contributed by atoms with Gasteiger partial charge in [0.05, 0.1) is 5.69 Å². The molecule has 0 unspecified atom stereocenters. The molecule has 1 aromatic carbocycles. The molecule has 0 atom stereocenters. The van der Waals surface area contributed by atoms with Gasteiger partial charge in [0.2, 0.25) is 0 Å². The van der Waals surface area contributed by atoms with Gasteiger partial charge in [0.1, 0.15) is 5.76 Å². The molecule has 152 valence electrons. The van der Waals surface area contributed by atoms with Gasteiger partial charge in [-0.25, -0.2) is 0 Å². The summed E-state index contributed by atoms with van der Waals surface area (Å²) in [7, 11) is 1.83. The van der Waals surface area contributed by atoms with Crippen molar-refractivity contribution < 1.29 is 4.52 Å². The van der Waals surface area contributed by atoms with Crippen molar-refractivity contribution in [1.29, 1.82) is 0 Å². The van der Waals surface area contributed by atoms with Crippen LogP contribution in [0.15, 0.2) is 38.3 Å². The molecule has 2 aromatic rings. The number of likely N-dealkylation sites (tertiary alicyclic amines) is 1. The van der Waals surface area contributed by atoms with E-state index in [0.29, 0.717) is 6.04 Å². The Hall–Kier alpha value is -1.86. The highest BCUT2D eigenvalue weighted by Gasteiger charge is 2.20. The van der Waals surface area contributed by atoms with E-state index in [1.807, 2.05) is 20.9 Å². The number of benzene rings is 1. The molecule has 2 heterocycles. The van der Waals surface area contributed by atoms with Crippen molar-refractivity contribution in [3.05, 3.63) is 51.3 Å². The Bertz CT molecular complexity index is 759. The highest BCUT2D eigenvalue weighted by Crippen LogP contribution is 2.16. The predicted octanol–water partition coefficient (Wildman–Crippen LogP) is 3.43. The van der Waals surface area contributed by atoms with Crippen LogP contribution in [-0.2, 0) is 13.0 Å². The molecule has 0 saturated carbocycles. The molecule has 0 aliphatic carbocycles. The predicted molar refractivity (Wildman–Crippen MR) is 117 cm³/mol. The average molecular weight is 448 g/mol. The summed E-state index contributed by atoms with van der Waals surface area (Å²) in [6.45, 7) is 7.98. The molecule has 0 amide bonds. The van der Waals surface area contributed by atoms with Crippen LogP contribution in [0.5, 0.6) is 0 Å². The monoisotopic (exact) mass is 447 g/mol. The van der Waals surface area contributed by atoms with Crippen molar-refractivity contribution in [2.45, 2.75) is 45.7 Å². The third kappa shape index (κ3) is 5.82. The normalized spacial score (nSPS) is 16.4. The SMILES string of the molecule is CN=C(NCCc1c(C)noc1C)NC1CCN(Cc2ccc(Br)cc2)CC1. The van der Waals surface area contributed by atoms with E-state index in [0.717, 1.165) is 67.3 Å². The zero-order valence-electron chi connectivity index (χ0n) is 17.0. The van der Waals surface area contributed by atoms with E-state index < -0.39 is 0 Å².